The average molecular weight is 471 g/mol. The van der Waals surface area contributed by atoms with Gasteiger partial charge >= 0.3 is 12.3 Å². The summed E-state index contributed by atoms with van der Waals surface area (Å²) >= 11 is 0. The van der Waals surface area contributed by atoms with Crippen molar-refractivity contribution < 1.29 is 19.2 Å². The Labute approximate surface area is 206 Å². The smallest absolute Gasteiger partial charge is 0.346 e. The molecule has 0 amide bonds. The van der Waals surface area contributed by atoms with E-state index in [1.165, 1.54) is 22.5 Å². The predicted octanol–water partition coefficient (Wildman–Crippen LogP) is 5.61. The van der Waals surface area contributed by atoms with E-state index in [1.807, 2.05) is 0 Å². The van der Waals surface area contributed by atoms with Crippen LogP contribution in [-0.4, -0.2) is 23.7 Å². The molecule has 1 aliphatic heterocycles. The number of hydrogen-bond acceptors (Lipinski definition) is 6. The number of nitrogens with zero attached hydrogens (tertiary/aromatic N) is 2. The van der Waals surface area contributed by atoms with Gasteiger partial charge in [0.25, 0.3) is 0 Å². The molecule has 1 aliphatic rings. The fourth-order valence-corrected chi connectivity index (χ4v) is 4.47. The van der Waals surface area contributed by atoms with Gasteiger partial charge in [-0.2, -0.15) is 19.2 Å². The Morgan fingerprint density at radius 3 is 1.69 bits per heavy atom. The van der Waals surface area contributed by atoms with Crippen molar-refractivity contribution in [3.05, 3.63) is 113 Å². The molecule has 1 unspecified atom stereocenters. The molecule has 0 bridgehead atoms. The fraction of sp³-hybridized carbons (Fsp3) is 0.241. The molecule has 4 rings (SSSR count). The lowest BCUT2D eigenvalue weighted by Gasteiger charge is -2.48. The summed E-state index contributed by atoms with van der Waals surface area (Å²) in [5.41, 5.74) is 7.01. The highest BCUT2D eigenvalue weighted by atomic mass is 16.2. The van der Waals surface area contributed by atoms with Gasteiger partial charge in [-0.1, -0.05) is 92.7 Å². The Balaban J connectivity index is 0.000000655. The summed E-state index contributed by atoms with van der Waals surface area (Å²) in [5.74, 6) is 0. The Hall–Kier alpha value is -4.24. The third-order valence-electron chi connectivity index (χ3n) is 5.85. The Morgan fingerprint density at radius 1 is 0.714 bits per heavy atom. The Kier molecular flexibility index (Phi) is 11.4. The van der Waals surface area contributed by atoms with Gasteiger partial charge in [-0.25, -0.2) is 0 Å². The van der Waals surface area contributed by atoms with Crippen molar-refractivity contribution in [2.24, 2.45) is 0 Å². The van der Waals surface area contributed by atoms with Crippen LogP contribution in [0.2, 0.25) is 0 Å². The molecule has 0 saturated heterocycles. The van der Waals surface area contributed by atoms with E-state index in [0.29, 0.717) is 0 Å². The van der Waals surface area contributed by atoms with Gasteiger partial charge < -0.3 is 9.80 Å². The molecular formula is C29H30N2O4. The summed E-state index contributed by atoms with van der Waals surface area (Å²) in [7, 11) is 0. The predicted molar refractivity (Wildman–Crippen MR) is 133 cm³/mol. The highest BCUT2D eigenvalue weighted by Gasteiger charge is 2.34. The molecule has 1 heterocycles. The quantitative estimate of drug-likeness (QED) is 0.466. The zero-order valence-corrected chi connectivity index (χ0v) is 20.1. The summed E-state index contributed by atoms with van der Waals surface area (Å²) in [6.07, 6.45) is 2.82. The van der Waals surface area contributed by atoms with Crippen LogP contribution in [0.1, 0.15) is 44.0 Å². The number of hydrogen-bond donors (Lipinski definition) is 0. The minimum atomic E-state index is 0.184. The average Bonchev–Trinajstić information content (AvgIpc) is 2.90. The first-order chi connectivity index (χ1) is 17.1. The van der Waals surface area contributed by atoms with Crippen molar-refractivity contribution in [2.75, 3.05) is 11.4 Å². The van der Waals surface area contributed by atoms with E-state index in [9.17, 15) is 0 Å². The van der Waals surface area contributed by atoms with Crippen LogP contribution in [0.25, 0.3) is 0 Å². The highest BCUT2D eigenvalue weighted by molar-refractivity contribution is 5.52. The van der Waals surface area contributed by atoms with Gasteiger partial charge in [0.05, 0.1) is 0 Å². The number of rotatable bonds is 6. The van der Waals surface area contributed by atoms with Crippen molar-refractivity contribution >= 4 is 18.0 Å². The minimum absolute atomic E-state index is 0.184. The maximum absolute atomic E-state index is 8.12. The molecule has 180 valence electrons. The van der Waals surface area contributed by atoms with Crippen LogP contribution in [-0.2, 0) is 25.7 Å². The van der Waals surface area contributed by atoms with E-state index in [2.05, 4.69) is 115 Å². The first kappa shape index (κ1) is 27.0. The van der Waals surface area contributed by atoms with Gasteiger partial charge in [0, 0.05) is 24.5 Å². The van der Waals surface area contributed by atoms with Crippen molar-refractivity contribution in [1.82, 2.24) is 4.90 Å². The van der Waals surface area contributed by atoms with Gasteiger partial charge in [-0.15, -0.1) is 0 Å². The second kappa shape index (κ2) is 14.8. The second-order valence-electron chi connectivity index (χ2n) is 7.79. The first-order valence-corrected chi connectivity index (χ1v) is 11.5. The molecule has 0 N–H and O–H groups in total. The molecule has 1 atom stereocenters. The van der Waals surface area contributed by atoms with Gasteiger partial charge in [0.15, 0.2) is 0 Å². The maximum atomic E-state index is 8.12. The summed E-state index contributed by atoms with van der Waals surface area (Å²) in [6, 6.07) is 32.7. The van der Waals surface area contributed by atoms with Gasteiger partial charge in [0.1, 0.15) is 6.17 Å². The summed E-state index contributed by atoms with van der Waals surface area (Å²) in [6.45, 7) is 6.48. The third-order valence-corrected chi connectivity index (χ3v) is 5.85. The molecule has 3 aromatic carbocycles. The van der Waals surface area contributed by atoms with Gasteiger partial charge in [-0.3, -0.25) is 0 Å². The van der Waals surface area contributed by atoms with Crippen molar-refractivity contribution in [3.8, 4) is 0 Å². The zero-order valence-electron chi connectivity index (χ0n) is 20.1. The lowest BCUT2D eigenvalue weighted by atomic mass is 9.97. The van der Waals surface area contributed by atoms with Gasteiger partial charge in [0.2, 0.25) is 0 Å². The van der Waals surface area contributed by atoms with Crippen LogP contribution in [0.4, 0.5) is 5.69 Å². The Morgan fingerprint density at radius 2 is 1.20 bits per heavy atom. The van der Waals surface area contributed by atoms with Crippen LogP contribution in [0, 0.1) is 0 Å². The second-order valence-corrected chi connectivity index (χ2v) is 7.79. The monoisotopic (exact) mass is 470 g/mol. The van der Waals surface area contributed by atoms with E-state index >= 15 is 0 Å². The number of allylic oxidation sites excluding steroid dienone is 1. The molecule has 6 heteroatoms. The number of anilines is 1. The topological polar surface area (TPSA) is 74.8 Å². The maximum Gasteiger partial charge on any atom is 0.373 e. The van der Waals surface area contributed by atoms with Crippen molar-refractivity contribution in [3.63, 3.8) is 0 Å². The number of para-hydroxylation sites is 1. The number of carbonyl (C=O) groups excluding carboxylic acids is 4. The SMILES string of the molecule is CCC1=C(CC)N(Cc2ccccc2)C(c2ccccc2)N(c2ccccc2)C1.O=C=O.O=C=O. The van der Waals surface area contributed by atoms with Crippen LogP contribution in [0.15, 0.2) is 102 Å². The summed E-state index contributed by atoms with van der Waals surface area (Å²) < 4.78 is 0. The molecular weight excluding hydrogens is 440 g/mol. The van der Waals surface area contributed by atoms with E-state index in [1.54, 1.807) is 5.57 Å². The van der Waals surface area contributed by atoms with Crippen molar-refractivity contribution in [1.29, 1.82) is 0 Å². The van der Waals surface area contributed by atoms with Crippen LogP contribution < -0.4 is 4.90 Å². The van der Waals surface area contributed by atoms with E-state index < -0.39 is 0 Å². The van der Waals surface area contributed by atoms with Gasteiger partial charge in [-0.05, 0) is 41.7 Å². The van der Waals surface area contributed by atoms with Crippen LogP contribution in [0.5, 0.6) is 0 Å². The Bertz CT molecular complexity index is 1110. The lowest BCUT2D eigenvalue weighted by Crippen LogP contribution is -2.46. The largest absolute Gasteiger partial charge is 0.373 e. The van der Waals surface area contributed by atoms with E-state index in [-0.39, 0.29) is 18.5 Å². The molecule has 0 spiro atoms. The number of benzene rings is 3. The van der Waals surface area contributed by atoms with E-state index in [4.69, 9.17) is 19.2 Å². The van der Waals surface area contributed by atoms with Crippen molar-refractivity contribution in [2.45, 2.75) is 39.4 Å². The molecule has 0 aromatic heterocycles. The molecule has 6 nitrogen and oxygen atoms in total. The molecule has 35 heavy (non-hydrogen) atoms. The minimum Gasteiger partial charge on any atom is -0.346 e. The standard InChI is InChI=1S/C27H30N2.2CO2/c1-3-23-21-28(25-18-12-7-13-19-25)27(24-16-10-6-11-17-24)29(26(23)4-2)20-22-14-8-5-9-15-22;2*2-1-3/h5-19,27H,3-4,20-21H2,1-2H3;;. The lowest BCUT2D eigenvalue weighted by molar-refractivity contribution is -0.193. The third kappa shape index (κ3) is 7.38. The summed E-state index contributed by atoms with van der Waals surface area (Å²) in [5, 5.41) is 0. The normalized spacial score (nSPS) is 14.5. The molecule has 0 fully saturated rings. The highest BCUT2D eigenvalue weighted by Crippen LogP contribution is 2.40. The first-order valence-electron chi connectivity index (χ1n) is 11.5. The molecule has 0 radical (unpaired) electrons. The zero-order chi connectivity index (χ0) is 25.5. The molecule has 0 saturated carbocycles. The van der Waals surface area contributed by atoms with Crippen LogP contribution in [0.3, 0.4) is 0 Å². The van der Waals surface area contributed by atoms with E-state index in [0.717, 1.165) is 25.9 Å². The fourth-order valence-electron chi connectivity index (χ4n) is 4.47. The molecule has 3 aromatic rings. The summed E-state index contributed by atoms with van der Waals surface area (Å²) in [4.78, 5) is 37.7. The molecule has 0 aliphatic carbocycles. The van der Waals surface area contributed by atoms with Crippen LogP contribution >= 0.6 is 0 Å².